The van der Waals surface area contributed by atoms with Gasteiger partial charge in [-0.2, -0.15) is 0 Å². The number of amides is 1. The normalized spacial score (nSPS) is 9.29. The van der Waals surface area contributed by atoms with E-state index in [2.05, 4.69) is 10.1 Å². The fourth-order valence-corrected chi connectivity index (χ4v) is 0.838. The van der Waals surface area contributed by atoms with Crippen LogP contribution in [0.25, 0.3) is 0 Å². The van der Waals surface area contributed by atoms with Crippen LogP contribution in [0, 0.1) is 0 Å². The third-order valence-electron chi connectivity index (χ3n) is 1.41. The molecule has 0 atom stereocenters. The van der Waals surface area contributed by atoms with Crippen molar-refractivity contribution in [1.82, 2.24) is 5.32 Å². The number of hydrogen-bond acceptors (Lipinski definition) is 4. The molecule has 0 saturated heterocycles. The Balaban J connectivity index is 3.28. The molecular formula is C9H17NO4. The van der Waals surface area contributed by atoms with Crippen molar-refractivity contribution < 1.29 is 19.1 Å². The average Bonchev–Trinajstić information content (AvgIpc) is 2.13. The Kier molecular flexibility index (Phi) is 7.59. The van der Waals surface area contributed by atoms with E-state index in [1.165, 1.54) is 0 Å². The van der Waals surface area contributed by atoms with Crippen LogP contribution in [0.3, 0.4) is 0 Å². The first kappa shape index (κ1) is 12.7. The summed E-state index contributed by atoms with van der Waals surface area (Å²) < 4.78 is 9.34. The number of esters is 1. The van der Waals surface area contributed by atoms with Crippen LogP contribution in [0.5, 0.6) is 0 Å². The van der Waals surface area contributed by atoms with Gasteiger partial charge in [0.25, 0.3) is 0 Å². The first-order valence-electron chi connectivity index (χ1n) is 4.77. The molecule has 0 aliphatic heterocycles. The van der Waals surface area contributed by atoms with Crippen LogP contribution in [-0.2, 0) is 14.3 Å². The number of nitrogens with one attached hydrogen (secondary N) is 1. The van der Waals surface area contributed by atoms with Crippen molar-refractivity contribution in [3.63, 3.8) is 0 Å². The third-order valence-corrected chi connectivity index (χ3v) is 1.41. The van der Waals surface area contributed by atoms with E-state index >= 15 is 0 Å². The minimum Gasteiger partial charge on any atom is -0.466 e. The summed E-state index contributed by atoms with van der Waals surface area (Å²) in [6.45, 7) is 4.67. The molecule has 14 heavy (non-hydrogen) atoms. The Labute approximate surface area is 83.8 Å². The van der Waals surface area contributed by atoms with Gasteiger partial charge in [-0.25, -0.2) is 4.79 Å². The molecule has 0 fully saturated rings. The van der Waals surface area contributed by atoms with Crippen LogP contribution in [0.2, 0.25) is 0 Å². The maximum atomic E-state index is 10.8. The zero-order valence-electron chi connectivity index (χ0n) is 8.67. The van der Waals surface area contributed by atoms with Gasteiger partial charge in [0.1, 0.15) is 0 Å². The van der Waals surface area contributed by atoms with Crippen LogP contribution in [0.4, 0.5) is 4.79 Å². The van der Waals surface area contributed by atoms with Crippen molar-refractivity contribution in [2.24, 2.45) is 0 Å². The number of rotatable bonds is 6. The summed E-state index contributed by atoms with van der Waals surface area (Å²) in [5, 5.41) is 2.51. The maximum absolute atomic E-state index is 10.8. The molecule has 0 unspecified atom stereocenters. The first-order valence-corrected chi connectivity index (χ1v) is 4.77. The quantitative estimate of drug-likeness (QED) is 0.518. The molecule has 0 heterocycles. The van der Waals surface area contributed by atoms with E-state index in [1.54, 1.807) is 13.8 Å². The smallest absolute Gasteiger partial charge is 0.407 e. The molecule has 0 aromatic carbocycles. The molecule has 1 amide bonds. The average molecular weight is 203 g/mol. The summed E-state index contributed by atoms with van der Waals surface area (Å²) in [5.74, 6) is -0.238. The zero-order valence-corrected chi connectivity index (χ0v) is 8.67. The Hall–Kier alpha value is -1.26. The monoisotopic (exact) mass is 203 g/mol. The number of carbonyl (C=O) groups excluding carboxylic acids is 2. The van der Waals surface area contributed by atoms with Gasteiger partial charge in [0.05, 0.1) is 13.2 Å². The van der Waals surface area contributed by atoms with Gasteiger partial charge in [-0.15, -0.1) is 0 Å². The predicted octanol–water partition coefficient (Wildman–Crippen LogP) is 1.08. The number of alkyl carbamates (subject to hydrolysis) is 1. The SMILES string of the molecule is CCOC(=O)CCCNC(=O)OCC. The number of hydrogen-bond donors (Lipinski definition) is 1. The van der Waals surface area contributed by atoms with E-state index in [9.17, 15) is 9.59 Å². The van der Waals surface area contributed by atoms with Gasteiger partial charge in [-0.05, 0) is 20.3 Å². The number of carbonyl (C=O) groups is 2. The Morgan fingerprint density at radius 1 is 1.14 bits per heavy atom. The van der Waals surface area contributed by atoms with Crippen LogP contribution in [0.15, 0.2) is 0 Å². The lowest BCUT2D eigenvalue weighted by Gasteiger charge is -2.04. The number of ether oxygens (including phenoxy) is 2. The first-order chi connectivity index (χ1) is 6.70. The highest BCUT2D eigenvalue weighted by Gasteiger charge is 2.02. The van der Waals surface area contributed by atoms with Crippen molar-refractivity contribution in [1.29, 1.82) is 0 Å². The van der Waals surface area contributed by atoms with Crippen molar-refractivity contribution in [2.75, 3.05) is 19.8 Å². The van der Waals surface area contributed by atoms with Gasteiger partial charge in [0.2, 0.25) is 0 Å². The van der Waals surface area contributed by atoms with Crippen molar-refractivity contribution in [2.45, 2.75) is 26.7 Å². The van der Waals surface area contributed by atoms with Crippen molar-refractivity contribution >= 4 is 12.1 Å². The van der Waals surface area contributed by atoms with Gasteiger partial charge in [0, 0.05) is 13.0 Å². The van der Waals surface area contributed by atoms with Crippen LogP contribution >= 0.6 is 0 Å². The molecule has 5 heteroatoms. The summed E-state index contributed by atoms with van der Waals surface area (Å²) in [5.41, 5.74) is 0. The summed E-state index contributed by atoms with van der Waals surface area (Å²) in [4.78, 5) is 21.6. The molecular weight excluding hydrogens is 186 g/mol. The minimum absolute atomic E-state index is 0.238. The summed E-state index contributed by atoms with van der Waals surface area (Å²) in [6, 6.07) is 0. The van der Waals surface area contributed by atoms with Crippen molar-refractivity contribution in [3.05, 3.63) is 0 Å². The predicted molar refractivity (Wildman–Crippen MR) is 50.9 cm³/mol. The van der Waals surface area contributed by atoms with Crippen LogP contribution in [-0.4, -0.2) is 31.8 Å². The molecule has 0 saturated carbocycles. The van der Waals surface area contributed by atoms with E-state index in [0.717, 1.165) is 0 Å². The standard InChI is InChI=1S/C9H17NO4/c1-3-13-8(11)6-5-7-10-9(12)14-4-2/h3-7H2,1-2H3,(H,10,12). The van der Waals surface area contributed by atoms with Gasteiger partial charge < -0.3 is 14.8 Å². The van der Waals surface area contributed by atoms with E-state index < -0.39 is 6.09 Å². The van der Waals surface area contributed by atoms with E-state index in [1.807, 2.05) is 0 Å². The largest absolute Gasteiger partial charge is 0.466 e. The summed E-state index contributed by atoms with van der Waals surface area (Å²) in [6.07, 6.45) is 0.439. The lowest BCUT2D eigenvalue weighted by Crippen LogP contribution is -2.25. The summed E-state index contributed by atoms with van der Waals surface area (Å²) >= 11 is 0. The van der Waals surface area contributed by atoms with Gasteiger partial charge >= 0.3 is 12.1 Å². The van der Waals surface area contributed by atoms with Crippen molar-refractivity contribution in [3.8, 4) is 0 Å². The van der Waals surface area contributed by atoms with Crippen LogP contribution < -0.4 is 5.32 Å². The topological polar surface area (TPSA) is 64.6 Å². The van der Waals surface area contributed by atoms with Crippen LogP contribution in [0.1, 0.15) is 26.7 Å². The second-order valence-electron chi connectivity index (χ2n) is 2.56. The highest BCUT2D eigenvalue weighted by molar-refractivity contribution is 5.69. The molecule has 0 aromatic rings. The fourth-order valence-electron chi connectivity index (χ4n) is 0.838. The highest BCUT2D eigenvalue weighted by Crippen LogP contribution is 1.91. The van der Waals surface area contributed by atoms with E-state index in [-0.39, 0.29) is 5.97 Å². The Morgan fingerprint density at radius 2 is 1.79 bits per heavy atom. The molecule has 0 aliphatic carbocycles. The Morgan fingerprint density at radius 3 is 2.36 bits per heavy atom. The fraction of sp³-hybridized carbons (Fsp3) is 0.778. The molecule has 0 radical (unpaired) electrons. The molecule has 0 rings (SSSR count). The zero-order chi connectivity index (χ0) is 10.8. The van der Waals surface area contributed by atoms with Gasteiger partial charge in [0.15, 0.2) is 0 Å². The molecule has 0 spiro atoms. The molecule has 82 valence electrons. The van der Waals surface area contributed by atoms with Gasteiger partial charge in [-0.3, -0.25) is 4.79 Å². The second kappa shape index (κ2) is 8.34. The maximum Gasteiger partial charge on any atom is 0.407 e. The molecule has 0 bridgehead atoms. The molecule has 5 nitrogen and oxygen atoms in total. The molecule has 0 aliphatic rings. The molecule has 0 aromatic heterocycles. The minimum atomic E-state index is -0.448. The Bertz CT molecular complexity index is 162. The van der Waals surface area contributed by atoms with E-state index in [0.29, 0.717) is 32.6 Å². The van der Waals surface area contributed by atoms with E-state index in [4.69, 9.17) is 4.74 Å². The summed E-state index contributed by atoms with van der Waals surface area (Å²) in [7, 11) is 0. The molecule has 1 N–H and O–H groups in total. The highest BCUT2D eigenvalue weighted by atomic mass is 16.5. The third kappa shape index (κ3) is 7.39. The lowest BCUT2D eigenvalue weighted by atomic mass is 10.3. The van der Waals surface area contributed by atoms with Gasteiger partial charge in [-0.1, -0.05) is 0 Å². The second-order valence-corrected chi connectivity index (χ2v) is 2.56. The lowest BCUT2D eigenvalue weighted by molar-refractivity contribution is -0.143.